The second-order valence-corrected chi connectivity index (χ2v) is 5.62. The number of rotatable bonds is 2. The molecule has 0 spiro atoms. The zero-order valence-corrected chi connectivity index (χ0v) is 13.1. The molecule has 0 atom stereocenters. The first-order valence-electron chi connectivity index (χ1n) is 6.58. The van der Waals surface area contributed by atoms with Crippen molar-refractivity contribution >= 4 is 27.0 Å². The SMILES string of the molecule is Cn1nncc1-c1ccc2oc(-c3ccnc(Br)c3)nc2c1. The molecular weight excluding hydrogens is 346 g/mol. The van der Waals surface area contributed by atoms with Crippen LogP contribution >= 0.6 is 15.9 Å². The van der Waals surface area contributed by atoms with Gasteiger partial charge in [0, 0.05) is 24.4 Å². The Balaban J connectivity index is 1.83. The highest BCUT2D eigenvalue weighted by atomic mass is 79.9. The second kappa shape index (κ2) is 5.03. The van der Waals surface area contributed by atoms with Crippen molar-refractivity contribution in [3.63, 3.8) is 0 Å². The summed E-state index contributed by atoms with van der Waals surface area (Å²) in [6.07, 6.45) is 3.43. The van der Waals surface area contributed by atoms with E-state index in [0.717, 1.165) is 32.5 Å². The van der Waals surface area contributed by atoms with E-state index in [2.05, 4.69) is 36.2 Å². The molecule has 0 radical (unpaired) electrons. The molecule has 0 aliphatic carbocycles. The zero-order chi connectivity index (χ0) is 15.1. The number of halogens is 1. The first-order valence-corrected chi connectivity index (χ1v) is 7.37. The minimum Gasteiger partial charge on any atom is -0.436 e. The predicted octanol–water partition coefficient (Wildman–Crippen LogP) is 3.45. The first-order chi connectivity index (χ1) is 10.7. The van der Waals surface area contributed by atoms with Crippen LogP contribution < -0.4 is 0 Å². The van der Waals surface area contributed by atoms with E-state index in [4.69, 9.17) is 4.42 Å². The highest BCUT2D eigenvalue weighted by Gasteiger charge is 2.11. The quantitative estimate of drug-likeness (QED) is 0.515. The molecule has 0 aliphatic heterocycles. The molecule has 3 aromatic heterocycles. The third-order valence-electron chi connectivity index (χ3n) is 3.37. The molecule has 0 N–H and O–H groups in total. The first kappa shape index (κ1) is 13.1. The molecule has 4 aromatic rings. The summed E-state index contributed by atoms with van der Waals surface area (Å²) in [5.74, 6) is 0.568. The largest absolute Gasteiger partial charge is 0.436 e. The molecule has 0 bridgehead atoms. The standard InChI is InChI=1S/C15H10BrN5O/c1-21-12(8-18-20-21)9-2-3-13-11(6-9)19-15(22-13)10-4-5-17-14(16)7-10/h2-8H,1H3. The van der Waals surface area contributed by atoms with Crippen LogP contribution in [0.1, 0.15) is 0 Å². The van der Waals surface area contributed by atoms with Crippen molar-refractivity contribution in [1.29, 1.82) is 0 Å². The van der Waals surface area contributed by atoms with Crippen LogP contribution in [0.3, 0.4) is 0 Å². The monoisotopic (exact) mass is 355 g/mol. The minimum atomic E-state index is 0.568. The van der Waals surface area contributed by atoms with Crippen molar-refractivity contribution in [2.24, 2.45) is 7.05 Å². The lowest BCUT2D eigenvalue weighted by molar-refractivity contribution is 0.619. The molecular formula is C15H10BrN5O. The number of benzene rings is 1. The van der Waals surface area contributed by atoms with Crippen LogP contribution in [0.5, 0.6) is 0 Å². The molecule has 0 fully saturated rings. The van der Waals surface area contributed by atoms with E-state index in [1.54, 1.807) is 17.1 Å². The summed E-state index contributed by atoms with van der Waals surface area (Å²) in [5.41, 5.74) is 4.33. The predicted molar refractivity (Wildman–Crippen MR) is 84.9 cm³/mol. The lowest BCUT2D eigenvalue weighted by Gasteiger charge is -1.99. The van der Waals surface area contributed by atoms with E-state index in [1.165, 1.54) is 0 Å². The Labute approximate surface area is 133 Å². The number of nitrogens with zero attached hydrogens (tertiary/aromatic N) is 5. The number of fused-ring (bicyclic) bond motifs is 1. The maximum atomic E-state index is 5.81. The van der Waals surface area contributed by atoms with Gasteiger partial charge in [-0.2, -0.15) is 0 Å². The molecule has 108 valence electrons. The molecule has 4 rings (SSSR count). The summed E-state index contributed by atoms with van der Waals surface area (Å²) in [6.45, 7) is 0. The molecule has 3 heterocycles. The van der Waals surface area contributed by atoms with E-state index in [1.807, 2.05) is 37.4 Å². The molecule has 0 amide bonds. The molecule has 0 saturated heterocycles. The van der Waals surface area contributed by atoms with Gasteiger partial charge in [-0.1, -0.05) is 5.21 Å². The molecule has 22 heavy (non-hydrogen) atoms. The van der Waals surface area contributed by atoms with Crippen molar-refractivity contribution in [1.82, 2.24) is 25.0 Å². The summed E-state index contributed by atoms with van der Waals surface area (Å²) < 4.78 is 8.28. The van der Waals surface area contributed by atoms with Gasteiger partial charge in [0.05, 0.1) is 11.9 Å². The lowest BCUT2D eigenvalue weighted by Crippen LogP contribution is -1.93. The van der Waals surface area contributed by atoms with Gasteiger partial charge in [-0.3, -0.25) is 0 Å². The van der Waals surface area contributed by atoms with Crippen LogP contribution in [0.2, 0.25) is 0 Å². The highest BCUT2D eigenvalue weighted by molar-refractivity contribution is 9.10. The normalized spacial score (nSPS) is 11.2. The van der Waals surface area contributed by atoms with Crippen LogP contribution in [0.25, 0.3) is 33.8 Å². The number of aryl methyl sites for hydroxylation is 1. The second-order valence-electron chi connectivity index (χ2n) is 4.81. The minimum absolute atomic E-state index is 0.568. The van der Waals surface area contributed by atoms with Gasteiger partial charge in [-0.15, -0.1) is 5.10 Å². The van der Waals surface area contributed by atoms with E-state index < -0.39 is 0 Å². The smallest absolute Gasteiger partial charge is 0.227 e. The van der Waals surface area contributed by atoms with E-state index in [-0.39, 0.29) is 0 Å². The van der Waals surface area contributed by atoms with Gasteiger partial charge in [0.15, 0.2) is 5.58 Å². The third kappa shape index (κ3) is 2.19. The third-order valence-corrected chi connectivity index (χ3v) is 3.80. The van der Waals surface area contributed by atoms with Gasteiger partial charge >= 0.3 is 0 Å². The number of hydrogen-bond donors (Lipinski definition) is 0. The van der Waals surface area contributed by atoms with Crippen molar-refractivity contribution in [3.8, 4) is 22.7 Å². The van der Waals surface area contributed by atoms with Crippen LogP contribution in [0, 0.1) is 0 Å². The average molecular weight is 356 g/mol. The maximum Gasteiger partial charge on any atom is 0.227 e. The van der Waals surface area contributed by atoms with Gasteiger partial charge in [0.1, 0.15) is 10.1 Å². The van der Waals surface area contributed by atoms with Crippen LogP contribution in [0.4, 0.5) is 0 Å². The topological polar surface area (TPSA) is 69.6 Å². The van der Waals surface area contributed by atoms with E-state index in [9.17, 15) is 0 Å². The Morgan fingerprint density at radius 2 is 2.05 bits per heavy atom. The summed E-state index contributed by atoms with van der Waals surface area (Å²) in [4.78, 5) is 8.67. The van der Waals surface area contributed by atoms with Crippen molar-refractivity contribution in [2.45, 2.75) is 0 Å². The lowest BCUT2D eigenvalue weighted by atomic mass is 10.1. The van der Waals surface area contributed by atoms with Crippen LogP contribution in [-0.2, 0) is 7.05 Å². The van der Waals surface area contributed by atoms with Gasteiger partial charge in [0.2, 0.25) is 5.89 Å². The van der Waals surface area contributed by atoms with Crippen LogP contribution in [-0.4, -0.2) is 25.0 Å². The Morgan fingerprint density at radius 1 is 1.14 bits per heavy atom. The maximum absolute atomic E-state index is 5.81. The Kier molecular flexibility index (Phi) is 3.00. The fourth-order valence-electron chi connectivity index (χ4n) is 2.30. The van der Waals surface area contributed by atoms with Crippen molar-refractivity contribution < 1.29 is 4.42 Å². The van der Waals surface area contributed by atoms with E-state index >= 15 is 0 Å². The summed E-state index contributed by atoms with van der Waals surface area (Å²) >= 11 is 3.35. The van der Waals surface area contributed by atoms with Gasteiger partial charge < -0.3 is 4.42 Å². The molecule has 0 saturated carbocycles. The Morgan fingerprint density at radius 3 is 2.82 bits per heavy atom. The molecule has 6 nitrogen and oxygen atoms in total. The summed E-state index contributed by atoms with van der Waals surface area (Å²) in [7, 11) is 1.86. The van der Waals surface area contributed by atoms with E-state index in [0.29, 0.717) is 5.89 Å². The molecule has 0 unspecified atom stereocenters. The fourth-order valence-corrected chi connectivity index (χ4v) is 2.66. The number of hydrogen-bond acceptors (Lipinski definition) is 5. The molecule has 0 aliphatic rings. The Bertz CT molecular complexity index is 975. The van der Waals surface area contributed by atoms with Gasteiger partial charge in [-0.05, 0) is 46.3 Å². The summed E-state index contributed by atoms with van der Waals surface area (Å²) in [6, 6.07) is 9.58. The van der Waals surface area contributed by atoms with Gasteiger partial charge in [-0.25, -0.2) is 14.6 Å². The van der Waals surface area contributed by atoms with Crippen molar-refractivity contribution in [2.75, 3.05) is 0 Å². The Hall–Kier alpha value is -2.54. The fraction of sp³-hybridized carbons (Fsp3) is 0.0667. The molecule has 7 heteroatoms. The highest BCUT2D eigenvalue weighted by Crippen LogP contribution is 2.28. The number of pyridine rings is 1. The number of oxazole rings is 1. The van der Waals surface area contributed by atoms with Crippen molar-refractivity contribution in [3.05, 3.63) is 47.3 Å². The molecule has 1 aromatic carbocycles. The average Bonchev–Trinajstić information content (AvgIpc) is 3.12. The number of aromatic nitrogens is 5. The van der Waals surface area contributed by atoms with Crippen LogP contribution in [0.15, 0.2) is 51.7 Å². The zero-order valence-electron chi connectivity index (χ0n) is 11.6. The summed E-state index contributed by atoms with van der Waals surface area (Å²) in [5, 5.41) is 7.84. The van der Waals surface area contributed by atoms with Gasteiger partial charge in [0.25, 0.3) is 0 Å².